The minimum absolute atomic E-state index is 0.0359. The van der Waals surface area contributed by atoms with E-state index in [-0.39, 0.29) is 17.9 Å². The lowest BCUT2D eigenvalue weighted by Gasteiger charge is -2.32. The first kappa shape index (κ1) is 26.0. The Bertz CT molecular complexity index is 1030. The van der Waals surface area contributed by atoms with Crippen molar-refractivity contribution in [1.29, 1.82) is 0 Å². The molecule has 35 heavy (non-hydrogen) atoms. The Kier molecular flexibility index (Phi) is 10.4. The van der Waals surface area contributed by atoms with E-state index in [9.17, 15) is 9.59 Å². The lowest BCUT2D eigenvalue weighted by molar-refractivity contribution is -0.141. The maximum atomic E-state index is 13.5. The van der Waals surface area contributed by atoms with Crippen molar-refractivity contribution in [1.82, 2.24) is 10.2 Å². The second-order valence-electron chi connectivity index (χ2n) is 8.80. The Morgan fingerprint density at radius 2 is 1.43 bits per heavy atom. The van der Waals surface area contributed by atoms with E-state index in [0.29, 0.717) is 32.4 Å². The first-order valence-corrected chi connectivity index (χ1v) is 12.4. The summed E-state index contributed by atoms with van der Waals surface area (Å²) in [5, 5.41) is 3.10. The lowest BCUT2D eigenvalue weighted by atomic mass is 10.0. The van der Waals surface area contributed by atoms with Crippen LogP contribution in [0.4, 0.5) is 0 Å². The van der Waals surface area contributed by atoms with Gasteiger partial charge in [-0.1, -0.05) is 85.8 Å². The molecule has 0 aliphatic rings. The zero-order valence-electron chi connectivity index (χ0n) is 20.7. The third-order valence-corrected chi connectivity index (χ3v) is 6.01. The lowest BCUT2D eigenvalue weighted by Crippen LogP contribution is -2.52. The van der Waals surface area contributed by atoms with E-state index in [1.807, 2.05) is 105 Å². The van der Waals surface area contributed by atoms with Crippen molar-refractivity contribution in [3.63, 3.8) is 0 Å². The second-order valence-corrected chi connectivity index (χ2v) is 8.80. The molecule has 3 rings (SSSR count). The van der Waals surface area contributed by atoms with E-state index >= 15 is 0 Å². The minimum atomic E-state index is -0.603. The van der Waals surface area contributed by atoms with E-state index in [0.717, 1.165) is 23.3 Å². The molecule has 3 aromatic rings. The van der Waals surface area contributed by atoms with Gasteiger partial charge >= 0.3 is 0 Å². The van der Waals surface area contributed by atoms with E-state index in [1.54, 1.807) is 4.90 Å². The van der Waals surface area contributed by atoms with Crippen LogP contribution in [-0.2, 0) is 22.6 Å². The zero-order valence-corrected chi connectivity index (χ0v) is 20.7. The average molecular weight is 473 g/mol. The number of hydrogen-bond acceptors (Lipinski definition) is 3. The van der Waals surface area contributed by atoms with Crippen LogP contribution in [0.25, 0.3) is 0 Å². The molecular weight excluding hydrogens is 436 g/mol. The van der Waals surface area contributed by atoms with Gasteiger partial charge in [-0.15, -0.1) is 0 Å². The molecule has 0 saturated carbocycles. The predicted molar refractivity (Wildman–Crippen MR) is 140 cm³/mol. The molecule has 0 spiro atoms. The Morgan fingerprint density at radius 1 is 0.857 bits per heavy atom. The molecule has 0 saturated heterocycles. The summed E-state index contributed by atoms with van der Waals surface area (Å²) < 4.78 is 5.78. The zero-order chi connectivity index (χ0) is 24.9. The molecule has 3 aromatic carbocycles. The van der Waals surface area contributed by atoms with Crippen LogP contribution in [-0.4, -0.2) is 35.4 Å². The number of amides is 2. The minimum Gasteiger partial charge on any atom is -0.494 e. The largest absolute Gasteiger partial charge is 0.494 e. The normalized spacial score (nSPS) is 12.4. The van der Waals surface area contributed by atoms with E-state index in [1.165, 1.54) is 0 Å². The number of carbonyl (C=O) groups is 2. The van der Waals surface area contributed by atoms with Crippen molar-refractivity contribution in [2.45, 2.75) is 58.2 Å². The highest BCUT2D eigenvalue weighted by Gasteiger charge is 2.30. The van der Waals surface area contributed by atoms with Gasteiger partial charge in [0.05, 0.1) is 6.61 Å². The van der Waals surface area contributed by atoms with Crippen LogP contribution in [0.3, 0.4) is 0 Å². The van der Waals surface area contributed by atoms with Gasteiger partial charge in [0.25, 0.3) is 0 Å². The molecule has 0 bridgehead atoms. The van der Waals surface area contributed by atoms with Gasteiger partial charge in [-0.2, -0.15) is 0 Å². The van der Waals surface area contributed by atoms with Gasteiger partial charge in [0.1, 0.15) is 11.8 Å². The molecule has 0 unspecified atom stereocenters. The van der Waals surface area contributed by atoms with Crippen LogP contribution in [0.2, 0.25) is 0 Å². The fourth-order valence-electron chi connectivity index (χ4n) is 3.85. The summed E-state index contributed by atoms with van der Waals surface area (Å²) in [7, 11) is 0. The van der Waals surface area contributed by atoms with E-state index in [2.05, 4.69) is 5.32 Å². The number of hydrogen-bond donors (Lipinski definition) is 1. The number of nitrogens with zero attached hydrogens (tertiary/aromatic N) is 1. The second kappa shape index (κ2) is 14.0. The van der Waals surface area contributed by atoms with Crippen molar-refractivity contribution >= 4 is 11.8 Å². The highest BCUT2D eigenvalue weighted by atomic mass is 16.5. The van der Waals surface area contributed by atoms with Gasteiger partial charge < -0.3 is 15.0 Å². The predicted octanol–water partition coefficient (Wildman–Crippen LogP) is 5.40. The molecule has 5 heteroatoms. The Morgan fingerprint density at radius 3 is 2.03 bits per heavy atom. The van der Waals surface area contributed by atoms with Crippen molar-refractivity contribution in [2.75, 3.05) is 6.61 Å². The van der Waals surface area contributed by atoms with Crippen LogP contribution in [0.15, 0.2) is 91.0 Å². The van der Waals surface area contributed by atoms with Crippen LogP contribution in [0, 0.1) is 0 Å². The third-order valence-electron chi connectivity index (χ3n) is 6.01. The molecule has 5 nitrogen and oxygen atoms in total. The van der Waals surface area contributed by atoms with Crippen molar-refractivity contribution in [3.05, 3.63) is 102 Å². The Balaban J connectivity index is 1.78. The molecule has 0 aliphatic carbocycles. The van der Waals surface area contributed by atoms with Crippen molar-refractivity contribution in [2.24, 2.45) is 0 Å². The number of para-hydroxylation sites is 1. The fourth-order valence-corrected chi connectivity index (χ4v) is 3.85. The third kappa shape index (κ3) is 8.60. The summed E-state index contributed by atoms with van der Waals surface area (Å²) in [4.78, 5) is 28.7. The summed E-state index contributed by atoms with van der Waals surface area (Å²) in [6.45, 7) is 4.85. The Labute approximate surface area is 209 Å². The molecule has 2 atom stereocenters. The van der Waals surface area contributed by atoms with Gasteiger partial charge in [-0.3, -0.25) is 9.59 Å². The number of carbonyl (C=O) groups excluding carboxylic acids is 2. The van der Waals surface area contributed by atoms with E-state index < -0.39 is 6.04 Å². The number of ether oxygens (including phenoxy) is 1. The molecule has 0 radical (unpaired) electrons. The standard InChI is InChI=1S/C30H36N2O3/c1-3-24(2)31-30(34)28(22-25-14-7-4-8-15-25)32(23-26-16-9-5-10-17-26)29(33)20-13-21-35-27-18-11-6-12-19-27/h4-12,14-19,24,28H,3,13,20-23H2,1-2H3,(H,31,34)/t24-,28-/m1/s1. The number of benzene rings is 3. The maximum absolute atomic E-state index is 13.5. The summed E-state index contributed by atoms with van der Waals surface area (Å²) in [5.41, 5.74) is 2.02. The fraction of sp³-hybridized carbons (Fsp3) is 0.333. The Hall–Kier alpha value is -3.60. The molecule has 0 fully saturated rings. The van der Waals surface area contributed by atoms with Crippen molar-refractivity contribution in [3.8, 4) is 5.75 Å². The summed E-state index contributed by atoms with van der Waals surface area (Å²) in [6.07, 6.45) is 2.17. The topological polar surface area (TPSA) is 58.6 Å². The van der Waals surface area contributed by atoms with Gasteiger partial charge in [0.15, 0.2) is 0 Å². The monoisotopic (exact) mass is 472 g/mol. The molecule has 0 heterocycles. The maximum Gasteiger partial charge on any atom is 0.243 e. The molecule has 2 amide bonds. The number of rotatable bonds is 13. The van der Waals surface area contributed by atoms with Gasteiger partial charge in [0, 0.05) is 25.4 Å². The first-order valence-electron chi connectivity index (χ1n) is 12.4. The van der Waals surface area contributed by atoms with E-state index in [4.69, 9.17) is 4.74 Å². The first-order chi connectivity index (χ1) is 17.1. The summed E-state index contributed by atoms with van der Waals surface area (Å²) in [5.74, 6) is 0.620. The number of nitrogens with one attached hydrogen (secondary N) is 1. The molecule has 1 N–H and O–H groups in total. The van der Waals surface area contributed by atoms with Gasteiger partial charge in [-0.25, -0.2) is 0 Å². The molecule has 0 aromatic heterocycles. The highest BCUT2D eigenvalue weighted by molar-refractivity contribution is 5.88. The van der Waals surface area contributed by atoms with Gasteiger partial charge in [0.2, 0.25) is 11.8 Å². The van der Waals surface area contributed by atoms with Crippen LogP contribution in [0.5, 0.6) is 5.75 Å². The van der Waals surface area contributed by atoms with Crippen LogP contribution >= 0.6 is 0 Å². The van der Waals surface area contributed by atoms with Crippen molar-refractivity contribution < 1.29 is 14.3 Å². The quantitative estimate of drug-likeness (QED) is 0.339. The average Bonchev–Trinajstić information content (AvgIpc) is 2.90. The summed E-state index contributed by atoms with van der Waals surface area (Å²) >= 11 is 0. The molecule has 0 aliphatic heterocycles. The van der Waals surface area contributed by atoms with Gasteiger partial charge in [-0.05, 0) is 43.0 Å². The molecule has 184 valence electrons. The smallest absolute Gasteiger partial charge is 0.243 e. The highest BCUT2D eigenvalue weighted by Crippen LogP contribution is 2.17. The SMILES string of the molecule is CC[C@@H](C)NC(=O)[C@@H](Cc1ccccc1)N(Cc1ccccc1)C(=O)CCCOc1ccccc1. The summed E-state index contributed by atoms with van der Waals surface area (Å²) in [6, 6.07) is 28.7. The van der Waals surface area contributed by atoms with Crippen LogP contribution in [0.1, 0.15) is 44.2 Å². The molecular formula is C30H36N2O3. The van der Waals surface area contributed by atoms with Crippen LogP contribution < -0.4 is 10.1 Å².